The molecule has 2 rings (SSSR count). The Hall–Kier alpha value is -3.03. The molecule has 26 heavy (non-hydrogen) atoms. The zero-order valence-electron chi connectivity index (χ0n) is 14.0. The second kappa shape index (κ2) is 8.37. The highest BCUT2D eigenvalue weighted by atomic mass is 19.4. The minimum Gasteiger partial charge on any atom is -0.355 e. The van der Waals surface area contributed by atoms with Crippen LogP contribution in [-0.2, 0) is 19.3 Å². The number of urea groups is 1. The molecule has 2 aromatic rings. The number of carbonyl (C=O) groups is 2. The first kappa shape index (κ1) is 19.3. The van der Waals surface area contributed by atoms with Gasteiger partial charge in [-0.05, 0) is 35.4 Å². The number of hydrogen-bond acceptors (Lipinski definition) is 2. The van der Waals surface area contributed by atoms with Crippen molar-refractivity contribution < 1.29 is 22.8 Å². The van der Waals surface area contributed by atoms with Gasteiger partial charge in [0.15, 0.2) is 0 Å². The molecule has 0 fully saturated rings. The maximum Gasteiger partial charge on any atom is 0.416 e. The van der Waals surface area contributed by atoms with Crippen molar-refractivity contribution in [3.8, 4) is 0 Å². The van der Waals surface area contributed by atoms with Gasteiger partial charge in [0.05, 0.1) is 5.56 Å². The van der Waals surface area contributed by atoms with E-state index in [1.165, 1.54) is 19.2 Å². The average molecular weight is 365 g/mol. The fourth-order valence-electron chi connectivity index (χ4n) is 2.20. The quantitative estimate of drug-likeness (QED) is 0.762. The Morgan fingerprint density at radius 3 is 2.12 bits per heavy atom. The van der Waals surface area contributed by atoms with E-state index >= 15 is 0 Å². The fraction of sp³-hybridized carbons (Fsp3) is 0.222. The van der Waals surface area contributed by atoms with Crippen LogP contribution in [0.1, 0.15) is 27.0 Å². The van der Waals surface area contributed by atoms with E-state index in [1.54, 1.807) is 24.3 Å². The SMILES string of the molecule is CNC(=O)c1ccc(CNC(=O)NCc2cccc(C(F)(F)F)c2)cc1. The lowest BCUT2D eigenvalue weighted by atomic mass is 10.1. The normalized spacial score (nSPS) is 10.9. The lowest BCUT2D eigenvalue weighted by Gasteiger charge is -2.10. The number of carbonyl (C=O) groups excluding carboxylic acids is 2. The molecule has 2 aromatic carbocycles. The minimum absolute atomic E-state index is 0.0225. The van der Waals surface area contributed by atoms with Crippen LogP contribution in [-0.4, -0.2) is 19.0 Å². The van der Waals surface area contributed by atoms with Gasteiger partial charge in [-0.3, -0.25) is 4.79 Å². The maximum atomic E-state index is 12.7. The monoisotopic (exact) mass is 365 g/mol. The van der Waals surface area contributed by atoms with Crippen LogP contribution in [0.4, 0.5) is 18.0 Å². The van der Waals surface area contributed by atoms with Gasteiger partial charge in [0.25, 0.3) is 5.91 Å². The highest BCUT2D eigenvalue weighted by Gasteiger charge is 2.30. The second-order valence-electron chi connectivity index (χ2n) is 5.51. The molecule has 8 heteroatoms. The number of hydrogen-bond donors (Lipinski definition) is 3. The maximum absolute atomic E-state index is 12.7. The molecule has 0 atom stereocenters. The molecule has 0 unspecified atom stereocenters. The van der Waals surface area contributed by atoms with Crippen molar-refractivity contribution >= 4 is 11.9 Å². The van der Waals surface area contributed by atoms with Crippen molar-refractivity contribution in [2.24, 2.45) is 0 Å². The third kappa shape index (κ3) is 5.51. The van der Waals surface area contributed by atoms with Gasteiger partial charge in [0.2, 0.25) is 0 Å². The summed E-state index contributed by atoms with van der Waals surface area (Å²) < 4.78 is 38.0. The molecule has 0 aromatic heterocycles. The summed E-state index contributed by atoms with van der Waals surface area (Å²) in [5.41, 5.74) is 0.885. The first-order chi connectivity index (χ1) is 12.3. The Bertz CT molecular complexity index is 774. The summed E-state index contributed by atoms with van der Waals surface area (Å²) in [6.45, 7) is 0.202. The number of nitrogens with one attached hydrogen (secondary N) is 3. The lowest BCUT2D eigenvalue weighted by Crippen LogP contribution is -2.34. The van der Waals surface area contributed by atoms with E-state index in [9.17, 15) is 22.8 Å². The van der Waals surface area contributed by atoms with Crippen molar-refractivity contribution in [2.45, 2.75) is 19.3 Å². The van der Waals surface area contributed by atoms with E-state index in [1.807, 2.05) is 0 Å². The molecule has 0 radical (unpaired) electrons. The zero-order chi connectivity index (χ0) is 19.2. The Morgan fingerprint density at radius 2 is 1.54 bits per heavy atom. The van der Waals surface area contributed by atoms with Gasteiger partial charge in [-0.1, -0.05) is 24.3 Å². The average Bonchev–Trinajstić information content (AvgIpc) is 2.64. The van der Waals surface area contributed by atoms with Gasteiger partial charge >= 0.3 is 12.2 Å². The van der Waals surface area contributed by atoms with Crippen molar-refractivity contribution in [3.05, 3.63) is 70.8 Å². The van der Waals surface area contributed by atoms with Crippen LogP contribution in [0.2, 0.25) is 0 Å². The summed E-state index contributed by atoms with van der Waals surface area (Å²) in [7, 11) is 1.53. The number of benzene rings is 2. The van der Waals surface area contributed by atoms with Gasteiger partial charge in [-0.15, -0.1) is 0 Å². The van der Waals surface area contributed by atoms with E-state index in [-0.39, 0.29) is 19.0 Å². The smallest absolute Gasteiger partial charge is 0.355 e. The zero-order valence-corrected chi connectivity index (χ0v) is 14.0. The summed E-state index contributed by atoms with van der Waals surface area (Å²) in [6, 6.07) is 11.0. The van der Waals surface area contributed by atoms with Crippen LogP contribution in [0, 0.1) is 0 Å². The molecule has 0 aliphatic rings. The number of amides is 3. The molecule has 0 heterocycles. The molecule has 0 spiro atoms. The van der Waals surface area contributed by atoms with E-state index in [4.69, 9.17) is 0 Å². The number of halogens is 3. The molecule has 5 nitrogen and oxygen atoms in total. The first-order valence-corrected chi connectivity index (χ1v) is 7.78. The summed E-state index contributed by atoms with van der Waals surface area (Å²) in [6.07, 6.45) is -4.42. The van der Waals surface area contributed by atoms with E-state index in [0.717, 1.165) is 17.7 Å². The highest BCUT2D eigenvalue weighted by molar-refractivity contribution is 5.93. The molecule has 138 valence electrons. The molecular weight excluding hydrogens is 347 g/mol. The van der Waals surface area contributed by atoms with Crippen LogP contribution in [0.5, 0.6) is 0 Å². The van der Waals surface area contributed by atoms with Gasteiger partial charge in [0.1, 0.15) is 0 Å². The van der Waals surface area contributed by atoms with E-state index in [2.05, 4.69) is 16.0 Å². The van der Waals surface area contributed by atoms with Crippen molar-refractivity contribution in [3.63, 3.8) is 0 Å². The molecule has 0 aliphatic heterocycles. The molecule has 0 saturated carbocycles. The molecule has 3 amide bonds. The van der Waals surface area contributed by atoms with Gasteiger partial charge in [0, 0.05) is 25.7 Å². The summed E-state index contributed by atoms with van der Waals surface area (Å²) in [5, 5.41) is 7.62. The Balaban J connectivity index is 1.83. The molecule has 0 saturated heterocycles. The van der Waals surface area contributed by atoms with Crippen LogP contribution < -0.4 is 16.0 Å². The van der Waals surface area contributed by atoms with Crippen molar-refractivity contribution in [1.82, 2.24) is 16.0 Å². The van der Waals surface area contributed by atoms with Gasteiger partial charge < -0.3 is 16.0 Å². The molecule has 0 aliphatic carbocycles. The second-order valence-corrected chi connectivity index (χ2v) is 5.51. The molecule has 3 N–H and O–H groups in total. The number of alkyl halides is 3. The summed E-state index contributed by atoms with van der Waals surface area (Å²) in [4.78, 5) is 23.2. The standard InChI is InChI=1S/C18H18F3N3O2/c1-22-16(25)14-7-5-12(6-8-14)10-23-17(26)24-11-13-3-2-4-15(9-13)18(19,20)21/h2-9H,10-11H2,1H3,(H,22,25)(H2,23,24,26). The number of rotatable bonds is 5. The van der Waals surface area contributed by atoms with Crippen LogP contribution in [0.25, 0.3) is 0 Å². The van der Waals surface area contributed by atoms with Crippen LogP contribution >= 0.6 is 0 Å². The fourth-order valence-corrected chi connectivity index (χ4v) is 2.20. The molecule has 0 bridgehead atoms. The van der Waals surface area contributed by atoms with Crippen molar-refractivity contribution in [2.75, 3.05) is 7.05 Å². The van der Waals surface area contributed by atoms with Crippen LogP contribution in [0.3, 0.4) is 0 Å². The van der Waals surface area contributed by atoms with E-state index < -0.39 is 17.8 Å². The van der Waals surface area contributed by atoms with Gasteiger partial charge in [-0.2, -0.15) is 13.2 Å². The van der Waals surface area contributed by atoms with Crippen LogP contribution in [0.15, 0.2) is 48.5 Å². The first-order valence-electron chi connectivity index (χ1n) is 7.78. The topological polar surface area (TPSA) is 70.2 Å². The van der Waals surface area contributed by atoms with E-state index in [0.29, 0.717) is 11.1 Å². The molecular formula is C18H18F3N3O2. The Morgan fingerprint density at radius 1 is 0.923 bits per heavy atom. The predicted octanol–water partition coefficient (Wildman–Crippen LogP) is 3.06. The minimum atomic E-state index is -4.42. The predicted molar refractivity (Wildman–Crippen MR) is 90.4 cm³/mol. The van der Waals surface area contributed by atoms with Gasteiger partial charge in [-0.25, -0.2) is 4.79 Å². The largest absolute Gasteiger partial charge is 0.416 e. The third-order valence-corrected chi connectivity index (χ3v) is 3.60. The van der Waals surface area contributed by atoms with Crippen molar-refractivity contribution in [1.29, 1.82) is 0 Å². The summed E-state index contributed by atoms with van der Waals surface area (Å²) >= 11 is 0. The summed E-state index contributed by atoms with van der Waals surface area (Å²) in [5.74, 6) is -0.205. The Labute approximate surface area is 148 Å². The Kier molecular flexibility index (Phi) is 6.21. The third-order valence-electron chi connectivity index (χ3n) is 3.60. The highest BCUT2D eigenvalue weighted by Crippen LogP contribution is 2.29. The lowest BCUT2D eigenvalue weighted by molar-refractivity contribution is -0.137.